The van der Waals surface area contributed by atoms with Crippen molar-refractivity contribution in [2.75, 3.05) is 0 Å². The van der Waals surface area contributed by atoms with E-state index in [4.69, 9.17) is 46.4 Å². The second kappa shape index (κ2) is 19.8. The number of hydrogen-bond acceptors (Lipinski definition) is 8. The standard InChI is InChI=1S/4C7H5ClO2.Pb/c4*8-6-4-2-1-3-5(6)7(9)10;/h4*1-4H,(H,9,10);/p-4. The van der Waals surface area contributed by atoms with E-state index >= 15 is 0 Å². The van der Waals surface area contributed by atoms with Gasteiger partial charge in [-0.3, -0.25) is 0 Å². The Morgan fingerprint density at radius 3 is 0.610 bits per heavy atom. The average molecular weight is 829 g/mol. The van der Waals surface area contributed by atoms with Crippen molar-refractivity contribution in [3.05, 3.63) is 139 Å². The van der Waals surface area contributed by atoms with Gasteiger partial charge in [-0.15, -0.1) is 0 Å². The number of carboxylic acids is 4. The third kappa shape index (κ3) is 13.8. The Bertz CT molecular complexity index is 1260. The Hall–Kier alpha value is -3.16. The molecule has 212 valence electrons. The first kappa shape index (κ1) is 37.8. The second-order valence-corrected chi connectivity index (χ2v) is 8.70. The summed E-state index contributed by atoms with van der Waals surface area (Å²) in [4.78, 5) is 40.9. The molecule has 0 bridgehead atoms. The molecule has 0 aliphatic carbocycles. The third-order valence-electron chi connectivity index (χ3n) is 4.38. The van der Waals surface area contributed by atoms with Gasteiger partial charge in [0.25, 0.3) is 0 Å². The molecule has 0 aromatic heterocycles. The molecule has 0 unspecified atom stereocenters. The predicted molar refractivity (Wildman–Crippen MR) is 149 cm³/mol. The quantitative estimate of drug-likeness (QED) is 0.284. The van der Waals surface area contributed by atoms with E-state index in [2.05, 4.69) is 0 Å². The van der Waals surface area contributed by atoms with E-state index in [1.54, 1.807) is 48.5 Å². The summed E-state index contributed by atoms with van der Waals surface area (Å²) in [6, 6.07) is 24.7. The number of carboxylic acid groups (broad SMARTS) is 4. The van der Waals surface area contributed by atoms with Gasteiger partial charge in [0.1, 0.15) is 0 Å². The summed E-state index contributed by atoms with van der Waals surface area (Å²) in [6.07, 6.45) is 0. The minimum absolute atomic E-state index is 0. The van der Waals surface area contributed by atoms with Crippen molar-refractivity contribution in [1.29, 1.82) is 0 Å². The maximum Gasteiger partial charge on any atom is 0.0730 e. The summed E-state index contributed by atoms with van der Waals surface area (Å²) in [6.45, 7) is 0. The summed E-state index contributed by atoms with van der Waals surface area (Å²) in [5, 5.41) is 41.7. The average Bonchev–Trinajstić information content (AvgIpc) is 2.90. The molecule has 41 heavy (non-hydrogen) atoms. The molecule has 13 heteroatoms. The number of halogens is 4. The number of aromatic carboxylic acids is 4. The minimum atomic E-state index is -1.24. The molecule has 0 saturated heterocycles. The molecule has 4 radical (unpaired) electrons. The second-order valence-electron chi connectivity index (χ2n) is 7.07. The van der Waals surface area contributed by atoms with Crippen molar-refractivity contribution in [3.8, 4) is 0 Å². The van der Waals surface area contributed by atoms with Gasteiger partial charge in [-0.25, -0.2) is 0 Å². The SMILES string of the molecule is O=C([O-])c1ccccc1Cl.O=C([O-])c1ccccc1Cl.O=C([O-])c1ccccc1Cl.O=C([O-])c1ccccc1Cl.[Pb]. The van der Waals surface area contributed by atoms with Crippen LogP contribution in [0.5, 0.6) is 0 Å². The number of benzene rings is 4. The van der Waals surface area contributed by atoms with Gasteiger partial charge < -0.3 is 39.6 Å². The maximum atomic E-state index is 10.2. The Morgan fingerprint density at radius 2 is 0.512 bits per heavy atom. The molecule has 4 aromatic carbocycles. The van der Waals surface area contributed by atoms with Crippen LogP contribution < -0.4 is 20.4 Å². The molecular formula is C28H16Cl4O8Pb-4. The maximum absolute atomic E-state index is 10.2. The fourth-order valence-corrected chi connectivity index (χ4v) is 3.36. The van der Waals surface area contributed by atoms with Crippen LogP contribution in [0.4, 0.5) is 0 Å². The van der Waals surface area contributed by atoms with Crippen LogP contribution in [-0.4, -0.2) is 51.2 Å². The summed E-state index contributed by atoms with van der Waals surface area (Å²) >= 11 is 22.0. The Kier molecular flexibility index (Phi) is 18.3. The number of rotatable bonds is 4. The molecule has 0 aliphatic heterocycles. The van der Waals surface area contributed by atoms with Gasteiger partial charge in [-0.1, -0.05) is 119 Å². The summed E-state index contributed by atoms with van der Waals surface area (Å²) < 4.78 is 0. The topological polar surface area (TPSA) is 161 Å². The first-order valence-electron chi connectivity index (χ1n) is 10.7. The molecule has 0 amide bonds. The van der Waals surface area contributed by atoms with Crippen LogP contribution in [0.3, 0.4) is 0 Å². The van der Waals surface area contributed by atoms with Crippen molar-refractivity contribution < 1.29 is 39.6 Å². The first-order valence-corrected chi connectivity index (χ1v) is 12.2. The number of carbonyl (C=O) groups is 4. The van der Waals surface area contributed by atoms with E-state index in [0.29, 0.717) is 0 Å². The van der Waals surface area contributed by atoms with Crippen molar-refractivity contribution in [3.63, 3.8) is 0 Å². The van der Waals surface area contributed by atoms with Crippen LogP contribution >= 0.6 is 46.4 Å². The van der Waals surface area contributed by atoms with E-state index in [1.807, 2.05) is 0 Å². The van der Waals surface area contributed by atoms with Gasteiger partial charge in [0.2, 0.25) is 0 Å². The van der Waals surface area contributed by atoms with Gasteiger partial charge in [0.05, 0.1) is 23.9 Å². The molecule has 4 aromatic rings. The van der Waals surface area contributed by atoms with Crippen LogP contribution in [0.15, 0.2) is 97.1 Å². The fourth-order valence-electron chi connectivity index (χ4n) is 2.51. The number of carbonyl (C=O) groups excluding carboxylic acids is 4. The molecule has 0 saturated carbocycles. The Labute approximate surface area is 274 Å². The van der Waals surface area contributed by atoms with Crippen LogP contribution in [0.1, 0.15) is 41.4 Å². The fraction of sp³-hybridized carbons (Fsp3) is 0. The summed E-state index contributed by atoms with van der Waals surface area (Å²) in [5.41, 5.74) is 0.127. The zero-order valence-corrected chi connectivity index (χ0v) is 27.4. The van der Waals surface area contributed by atoms with Crippen LogP contribution in [-0.2, 0) is 0 Å². The van der Waals surface area contributed by atoms with Crippen molar-refractivity contribution in [1.82, 2.24) is 0 Å². The Morgan fingerprint density at radius 1 is 0.366 bits per heavy atom. The molecule has 0 spiro atoms. The van der Waals surface area contributed by atoms with Crippen molar-refractivity contribution in [2.45, 2.75) is 0 Å². The minimum Gasteiger partial charge on any atom is -0.545 e. The summed E-state index contributed by atoms with van der Waals surface area (Å²) in [5.74, 6) is -4.98. The molecule has 0 N–H and O–H groups in total. The van der Waals surface area contributed by atoms with Gasteiger partial charge in [-0.05, 0) is 24.3 Å². The largest absolute Gasteiger partial charge is 0.545 e. The zero-order valence-electron chi connectivity index (χ0n) is 20.5. The smallest absolute Gasteiger partial charge is 0.0730 e. The molecule has 0 fully saturated rings. The monoisotopic (exact) mass is 828 g/mol. The van der Waals surface area contributed by atoms with E-state index in [-0.39, 0.29) is 69.6 Å². The van der Waals surface area contributed by atoms with Gasteiger partial charge >= 0.3 is 0 Å². The molecule has 4 rings (SSSR count). The molecule has 8 nitrogen and oxygen atoms in total. The van der Waals surface area contributed by atoms with E-state index in [9.17, 15) is 39.6 Å². The third-order valence-corrected chi connectivity index (χ3v) is 5.69. The summed E-state index contributed by atoms with van der Waals surface area (Å²) in [7, 11) is 0. The molecule has 0 atom stereocenters. The van der Waals surface area contributed by atoms with Gasteiger partial charge in [0.15, 0.2) is 0 Å². The molecular weight excluding hydrogens is 813 g/mol. The predicted octanol–water partition coefficient (Wildman–Crippen LogP) is 2.43. The van der Waals surface area contributed by atoms with Gasteiger partial charge in [-0.2, -0.15) is 0 Å². The van der Waals surface area contributed by atoms with E-state index < -0.39 is 23.9 Å². The van der Waals surface area contributed by atoms with Crippen molar-refractivity contribution >= 4 is 97.6 Å². The van der Waals surface area contributed by atoms with Crippen LogP contribution in [0, 0.1) is 0 Å². The van der Waals surface area contributed by atoms with E-state index in [0.717, 1.165) is 0 Å². The molecule has 0 heterocycles. The first-order chi connectivity index (χ1) is 18.9. The normalized spacial score (nSPS) is 9.07. The number of hydrogen-bond donors (Lipinski definition) is 0. The zero-order chi connectivity index (χ0) is 30.2. The molecule has 0 aliphatic rings. The van der Waals surface area contributed by atoms with Gasteiger partial charge in [0, 0.05) is 69.6 Å². The van der Waals surface area contributed by atoms with Crippen LogP contribution in [0.25, 0.3) is 0 Å². The van der Waals surface area contributed by atoms with E-state index in [1.165, 1.54) is 48.5 Å². The van der Waals surface area contributed by atoms with Crippen molar-refractivity contribution in [2.24, 2.45) is 0 Å². The van der Waals surface area contributed by atoms with Crippen LogP contribution in [0.2, 0.25) is 20.1 Å². The Balaban J connectivity index is 0.000000516.